The van der Waals surface area contributed by atoms with Crippen LogP contribution in [0.1, 0.15) is 19.5 Å². The zero-order valence-corrected chi connectivity index (χ0v) is 8.18. The fraction of sp³-hybridized carbons (Fsp3) is 0.667. The lowest BCUT2D eigenvalue weighted by molar-refractivity contribution is 0.205. The average Bonchev–Trinajstić information content (AvgIpc) is 2.08. The molecular weight excluding hydrogens is 213 g/mol. The van der Waals surface area contributed by atoms with Gasteiger partial charge in [0.25, 0.3) is 0 Å². The van der Waals surface area contributed by atoms with Crippen molar-refractivity contribution in [3.8, 4) is 0 Å². The highest BCUT2D eigenvalue weighted by atomic mass is 79.9. The molecule has 0 atom stereocenters. The third kappa shape index (κ3) is 1.58. The Balaban J connectivity index is 3.21. The Morgan fingerprint density at radius 2 is 2.09 bits per heavy atom. The second-order valence-corrected chi connectivity index (χ2v) is 3.58. The van der Waals surface area contributed by atoms with E-state index in [-0.39, 0.29) is 0 Å². The standard InChI is InChI=1S/C6H9BrFN3/c1-6(2,8)4-5(7)9-10-11(4)3/h1-3H3. The lowest BCUT2D eigenvalue weighted by Crippen LogP contribution is -2.15. The molecule has 0 bridgehead atoms. The molecule has 0 saturated carbocycles. The van der Waals surface area contributed by atoms with Crippen molar-refractivity contribution in [2.45, 2.75) is 19.5 Å². The Morgan fingerprint density at radius 3 is 2.27 bits per heavy atom. The van der Waals surface area contributed by atoms with Crippen molar-refractivity contribution in [1.82, 2.24) is 15.0 Å². The molecule has 1 aromatic rings. The van der Waals surface area contributed by atoms with E-state index in [0.29, 0.717) is 10.3 Å². The van der Waals surface area contributed by atoms with Gasteiger partial charge in [0.1, 0.15) is 11.4 Å². The first kappa shape index (κ1) is 8.64. The number of aryl methyl sites for hydroxylation is 1. The highest BCUT2D eigenvalue weighted by molar-refractivity contribution is 9.10. The highest BCUT2D eigenvalue weighted by Crippen LogP contribution is 2.28. The topological polar surface area (TPSA) is 30.7 Å². The average molecular weight is 222 g/mol. The van der Waals surface area contributed by atoms with E-state index in [9.17, 15) is 4.39 Å². The summed E-state index contributed by atoms with van der Waals surface area (Å²) in [5.74, 6) is 0. The molecule has 62 valence electrons. The number of rotatable bonds is 1. The van der Waals surface area contributed by atoms with E-state index >= 15 is 0 Å². The summed E-state index contributed by atoms with van der Waals surface area (Å²) in [4.78, 5) is 0. The zero-order chi connectivity index (χ0) is 8.65. The molecule has 0 unspecified atom stereocenters. The van der Waals surface area contributed by atoms with Crippen LogP contribution < -0.4 is 0 Å². The molecule has 1 aromatic heterocycles. The molecule has 5 heteroatoms. The Labute approximate surface area is 72.7 Å². The van der Waals surface area contributed by atoms with Gasteiger partial charge in [-0.1, -0.05) is 5.21 Å². The molecule has 0 fully saturated rings. The largest absolute Gasteiger partial charge is 0.248 e. The number of nitrogens with zero attached hydrogens (tertiary/aromatic N) is 3. The van der Waals surface area contributed by atoms with E-state index in [0.717, 1.165) is 0 Å². The molecule has 0 aliphatic rings. The van der Waals surface area contributed by atoms with Crippen LogP contribution in [0.5, 0.6) is 0 Å². The maximum absolute atomic E-state index is 13.3. The van der Waals surface area contributed by atoms with E-state index < -0.39 is 5.67 Å². The van der Waals surface area contributed by atoms with Crippen molar-refractivity contribution in [3.05, 3.63) is 10.3 Å². The van der Waals surface area contributed by atoms with Gasteiger partial charge in [0.2, 0.25) is 0 Å². The van der Waals surface area contributed by atoms with Crippen LogP contribution in [0.4, 0.5) is 4.39 Å². The minimum Gasteiger partial charge on any atom is -0.248 e. The van der Waals surface area contributed by atoms with E-state index in [1.165, 1.54) is 18.5 Å². The van der Waals surface area contributed by atoms with Gasteiger partial charge in [-0.3, -0.25) is 0 Å². The first-order valence-corrected chi connectivity index (χ1v) is 3.97. The number of alkyl halides is 1. The lowest BCUT2D eigenvalue weighted by Gasteiger charge is -2.13. The maximum atomic E-state index is 13.3. The minimum absolute atomic E-state index is 0.456. The van der Waals surface area contributed by atoms with Gasteiger partial charge in [0.15, 0.2) is 4.60 Å². The molecule has 0 saturated heterocycles. The second-order valence-electron chi connectivity index (χ2n) is 2.82. The van der Waals surface area contributed by atoms with Crippen LogP contribution in [-0.2, 0) is 12.7 Å². The van der Waals surface area contributed by atoms with Crippen molar-refractivity contribution in [2.75, 3.05) is 0 Å². The van der Waals surface area contributed by atoms with Gasteiger partial charge in [0, 0.05) is 7.05 Å². The molecule has 0 aliphatic carbocycles. The van der Waals surface area contributed by atoms with Crippen molar-refractivity contribution < 1.29 is 4.39 Å². The monoisotopic (exact) mass is 221 g/mol. The zero-order valence-electron chi connectivity index (χ0n) is 6.60. The van der Waals surface area contributed by atoms with Gasteiger partial charge >= 0.3 is 0 Å². The number of hydrogen-bond acceptors (Lipinski definition) is 2. The molecule has 11 heavy (non-hydrogen) atoms. The van der Waals surface area contributed by atoms with Gasteiger partial charge in [0.05, 0.1) is 0 Å². The Hall–Kier alpha value is -0.450. The van der Waals surface area contributed by atoms with Crippen molar-refractivity contribution in [3.63, 3.8) is 0 Å². The summed E-state index contributed by atoms with van der Waals surface area (Å²) in [6.07, 6.45) is 0. The van der Waals surface area contributed by atoms with E-state index in [2.05, 4.69) is 26.2 Å². The lowest BCUT2D eigenvalue weighted by atomic mass is 10.1. The SMILES string of the molecule is Cn1nnc(Br)c1C(C)(C)F. The minimum atomic E-state index is -1.41. The summed E-state index contributed by atoms with van der Waals surface area (Å²) < 4.78 is 15.2. The van der Waals surface area contributed by atoms with Crippen LogP contribution in [0.3, 0.4) is 0 Å². The predicted molar refractivity (Wildman–Crippen MR) is 42.8 cm³/mol. The van der Waals surface area contributed by atoms with Gasteiger partial charge < -0.3 is 0 Å². The molecule has 0 radical (unpaired) electrons. The van der Waals surface area contributed by atoms with Crippen LogP contribution in [0.2, 0.25) is 0 Å². The predicted octanol–water partition coefficient (Wildman–Crippen LogP) is 1.78. The second kappa shape index (κ2) is 2.55. The van der Waals surface area contributed by atoms with E-state index in [1.54, 1.807) is 7.05 Å². The summed E-state index contributed by atoms with van der Waals surface area (Å²) in [7, 11) is 1.66. The number of halogens is 2. The van der Waals surface area contributed by atoms with Crippen LogP contribution in [0, 0.1) is 0 Å². The summed E-state index contributed by atoms with van der Waals surface area (Å²) >= 11 is 3.12. The fourth-order valence-corrected chi connectivity index (χ4v) is 1.76. The molecule has 0 aromatic carbocycles. The first-order valence-electron chi connectivity index (χ1n) is 3.17. The molecule has 0 amide bonds. The molecular formula is C6H9BrFN3. The maximum Gasteiger partial charge on any atom is 0.154 e. The normalized spacial score (nSPS) is 12.1. The van der Waals surface area contributed by atoms with Crippen LogP contribution in [-0.4, -0.2) is 15.0 Å². The van der Waals surface area contributed by atoms with Crippen molar-refractivity contribution >= 4 is 15.9 Å². The molecule has 0 spiro atoms. The summed E-state index contributed by atoms with van der Waals surface area (Å²) in [6, 6.07) is 0. The quantitative estimate of drug-likeness (QED) is 0.725. The van der Waals surface area contributed by atoms with Gasteiger partial charge in [-0.25, -0.2) is 9.07 Å². The summed E-state index contributed by atoms with van der Waals surface area (Å²) in [5, 5.41) is 7.33. The van der Waals surface area contributed by atoms with Gasteiger partial charge in [-0.05, 0) is 29.8 Å². The highest BCUT2D eigenvalue weighted by Gasteiger charge is 2.26. The number of aromatic nitrogens is 3. The third-order valence-electron chi connectivity index (χ3n) is 1.35. The van der Waals surface area contributed by atoms with Crippen molar-refractivity contribution in [1.29, 1.82) is 0 Å². The number of hydrogen-bond donors (Lipinski definition) is 0. The van der Waals surface area contributed by atoms with Crippen molar-refractivity contribution in [2.24, 2.45) is 7.05 Å². The smallest absolute Gasteiger partial charge is 0.154 e. The van der Waals surface area contributed by atoms with Gasteiger partial charge in [-0.2, -0.15) is 0 Å². The Morgan fingerprint density at radius 1 is 1.55 bits per heavy atom. The fourth-order valence-electron chi connectivity index (χ4n) is 0.962. The summed E-state index contributed by atoms with van der Waals surface area (Å²) in [6.45, 7) is 2.94. The molecule has 0 N–H and O–H groups in total. The molecule has 3 nitrogen and oxygen atoms in total. The molecule has 1 heterocycles. The molecule has 1 rings (SSSR count). The Bertz CT molecular complexity index is 244. The van der Waals surface area contributed by atoms with Crippen LogP contribution in [0.25, 0.3) is 0 Å². The van der Waals surface area contributed by atoms with Crippen LogP contribution >= 0.6 is 15.9 Å². The van der Waals surface area contributed by atoms with E-state index in [1.807, 2.05) is 0 Å². The van der Waals surface area contributed by atoms with E-state index in [4.69, 9.17) is 0 Å². The van der Waals surface area contributed by atoms with Gasteiger partial charge in [-0.15, -0.1) is 5.10 Å². The van der Waals surface area contributed by atoms with Crippen LogP contribution in [0.15, 0.2) is 4.60 Å². The third-order valence-corrected chi connectivity index (χ3v) is 1.88. The first-order chi connectivity index (χ1) is 4.93. The summed E-state index contributed by atoms with van der Waals surface area (Å²) in [5.41, 5.74) is -0.950. The molecule has 0 aliphatic heterocycles. The Kier molecular flexibility index (Phi) is 2.00.